The normalized spacial score (nSPS) is 10.8. The van der Waals surface area contributed by atoms with Crippen LogP contribution in [0.2, 0.25) is 0 Å². The fraction of sp³-hybridized carbons (Fsp3) is 0. The van der Waals surface area contributed by atoms with Crippen LogP contribution in [0.15, 0.2) is 40.7 Å². The number of rotatable bonds is 3. The molecule has 3 N–H and O–H groups in total. The van der Waals surface area contributed by atoms with Crippen molar-refractivity contribution in [1.82, 2.24) is 10.2 Å². The fourth-order valence-electron chi connectivity index (χ4n) is 1.16. The second kappa shape index (κ2) is 4.39. The predicted octanol–water partition coefficient (Wildman–Crippen LogP) is 2.32. The van der Waals surface area contributed by atoms with Crippen LogP contribution in [0.4, 0.5) is 22.9 Å². The Morgan fingerprint density at radius 3 is 2.82 bits per heavy atom. The first kappa shape index (κ1) is 10.7. The molecule has 0 saturated heterocycles. The van der Waals surface area contributed by atoms with Gasteiger partial charge in [-0.1, -0.05) is 12.1 Å². The summed E-state index contributed by atoms with van der Waals surface area (Å²) >= 11 is 0. The van der Waals surface area contributed by atoms with E-state index in [9.17, 15) is 10.1 Å². The minimum atomic E-state index is -0.591. The highest BCUT2D eigenvalue weighted by molar-refractivity contribution is 5.61. The number of aromatic nitrogens is 2. The molecule has 2 aromatic rings. The lowest BCUT2D eigenvalue weighted by molar-refractivity contribution is -0.384. The Bertz CT molecular complexity index is 576. The molecule has 0 spiro atoms. The Morgan fingerprint density at radius 2 is 2.12 bits per heavy atom. The Labute approximate surface area is 95.3 Å². The number of nitrogens with one attached hydrogen (secondary N) is 1. The topological polar surface area (TPSA) is 123 Å². The maximum atomic E-state index is 10.6. The summed E-state index contributed by atoms with van der Waals surface area (Å²) in [6, 6.07) is 6.82. The number of hydrogen-bond donors (Lipinski definition) is 2. The highest BCUT2D eigenvalue weighted by Crippen LogP contribution is 2.27. The zero-order valence-corrected chi connectivity index (χ0v) is 8.57. The molecule has 0 saturated carbocycles. The summed E-state index contributed by atoms with van der Waals surface area (Å²) in [5.41, 5.74) is 6.30. The molecule has 8 nitrogen and oxygen atoms in total. The van der Waals surface area contributed by atoms with Crippen molar-refractivity contribution in [3.8, 4) is 0 Å². The molecule has 0 aliphatic rings. The Balaban J connectivity index is 2.30. The summed E-state index contributed by atoms with van der Waals surface area (Å²) in [7, 11) is 0. The van der Waals surface area contributed by atoms with E-state index in [0.29, 0.717) is 11.4 Å². The van der Waals surface area contributed by atoms with Crippen molar-refractivity contribution in [2.24, 2.45) is 10.2 Å². The van der Waals surface area contributed by atoms with Crippen LogP contribution in [0, 0.1) is 10.1 Å². The maximum absolute atomic E-state index is 10.6. The van der Waals surface area contributed by atoms with Gasteiger partial charge < -0.3 is 5.73 Å². The minimum Gasteiger partial charge on any atom is -0.397 e. The quantitative estimate of drug-likeness (QED) is 0.364. The zero-order chi connectivity index (χ0) is 12.3. The SMILES string of the molecule is Nc1ccccc1N=Nc1[nH]ncc1[N+](=O)[O-]. The van der Waals surface area contributed by atoms with Crippen LogP contribution in [0.1, 0.15) is 0 Å². The van der Waals surface area contributed by atoms with Crippen molar-refractivity contribution in [3.63, 3.8) is 0 Å². The van der Waals surface area contributed by atoms with Gasteiger partial charge in [-0.3, -0.25) is 15.2 Å². The van der Waals surface area contributed by atoms with Crippen molar-refractivity contribution in [2.45, 2.75) is 0 Å². The summed E-state index contributed by atoms with van der Waals surface area (Å²) in [4.78, 5) is 9.99. The van der Waals surface area contributed by atoms with Gasteiger partial charge in [0.15, 0.2) is 0 Å². The van der Waals surface area contributed by atoms with Crippen molar-refractivity contribution in [1.29, 1.82) is 0 Å². The van der Waals surface area contributed by atoms with Crippen LogP contribution in [0.25, 0.3) is 0 Å². The lowest BCUT2D eigenvalue weighted by Crippen LogP contribution is -1.85. The van der Waals surface area contributed by atoms with E-state index in [1.807, 2.05) is 0 Å². The van der Waals surface area contributed by atoms with Gasteiger partial charge in [0, 0.05) is 0 Å². The van der Waals surface area contributed by atoms with Crippen LogP contribution in [0.5, 0.6) is 0 Å². The number of azo groups is 1. The van der Waals surface area contributed by atoms with E-state index in [-0.39, 0.29) is 11.5 Å². The van der Waals surface area contributed by atoms with E-state index in [0.717, 1.165) is 6.20 Å². The van der Waals surface area contributed by atoms with Crippen molar-refractivity contribution >= 4 is 22.9 Å². The van der Waals surface area contributed by atoms with Crippen molar-refractivity contribution in [2.75, 3.05) is 5.73 Å². The molecule has 1 aromatic heterocycles. The molecule has 0 fully saturated rings. The second-order valence-electron chi connectivity index (χ2n) is 3.12. The Hall–Kier alpha value is -2.77. The number of nitrogen functional groups attached to an aromatic ring is 1. The largest absolute Gasteiger partial charge is 0.397 e. The van der Waals surface area contributed by atoms with Crippen LogP contribution in [-0.2, 0) is 0 Å². The number of benzene rings is 1. The van der Waals surface area contributed by atoms with Gasteiger partial charge in [-0.2, -0.15) is 5.10 Å². The fourth-order valence-corrected chi connectivity index (χ4v) is 1.16. The summed E-state index contributed by atoms with van der Waals surface area (Å²) in [6.45, 7) is 0. The Morgan fingerprint density at radius 1 is 1.35 bits per heavy atom. The zero-order valence-electron chi connectivity index (χ0n) is 8.57. The highest BCUT2D eigenvalue weighted by Gasteiger charge is 2.15. The smallest absolute Gasteiger partial charge is 0.334 e. The summed E-state index contributed by atoms with van der Waals surface area (Å²) in [6.07, 6.45) is 1.07. The number of hydrogen-bond acceptors (Lipinski definition) is 6. The number of nitro groups is 1. The van der Waals surface area contributed by atoms with E-state index in [2.05, 4.69) is 20.4 Å². The van der Waals surface area contributed by atoms with E-state index in [1.165, 1.54) is 0 Å². The van der Waals surface area contributed by atoms with Gasteiger partial charge in [0.1, 0.15) is 11.9 Å². The molecule has 0 atom stereocenters. The molecular weight excluding hydrogens is 224 g/mol. The van der Waals surface area contributed by atoms with Gasteiger partial charge >= 0.3 is 5.69 Å². The molecule has 17 heavy (non-hydrogen) atoms. The average molecular weight is 232 g/mol. The monoisotopic (exact) mass is 232 g/mol. The van der Waals surface area contributed by atoms with Crippen LogP contribution < -0.4 is 5.73 Å². The molecule has 2 rings (SSSR count). The lowest BCUT2D eigenvalue weighted by Gasteiger charge is -1.95. The molecule has 0 bridgehead atoms. The van der Waals surface area contributed by atoms with E-state index in [4.69, 9.17) is 5.73 Å². The van der Waals surface area contributed by atoms with Crippen LogP contribution in [-0.4, -0.2) is 15.1 Å². The third-order valence-electron chi connectivity index (χ3n) is 1.99. The minimum absolute atomic E-state index is 0.0155. The Kier molecular flexibility index (Phi) is 2.77. The molecule has 8 heteroatoms. The van der Waals surface area contributed by atoms with E-state index >= 15 is 0 Å². The summed E-state index contributed by atoms with van der Waals surface area (Å²) < 4.78 is 0. The van der Waals surface area contributed by atoms with Gasteiger partial charge in [0.05, 0.1) is 10.6 Å². The van der Waals surface area contributed by atoms with Gasteiger partial charge in [-0.25, -0.2) is 0 Å². The van der Waals surface area contributed by atoms with Crippen molar-refractivity contribution < 1.29 is 4.92 Å². The molecule has 0 unspecified atom stereocenters. The summed E-state index contributed by atoms with van der Waals surface area (Å²) in [5.74, 6) is -0.0155. The maximum Gasteiger partial charge on any atom is 0.334 e. The number of aromatic amines is 1. The molecule has 0 radical (unpaired) electrons. The number of nitrogens with two attached hydrogens (primary N) is 1. The number of para-hydroxylation sites is 1. The van der Waals surface area contributed by atoms with Crippen LogP contribution >= 0.6 is 0 Å². The predicted molar refractivity (Wildman–Crippen MR) is 60.3 cm³/mol. The molecule has 1 heterocycles. The first-order chi connectivity index (χ1) is 8.18. The van der Waals surface area contributed by atoms with E-state index in [1.54, 1.807) is 24.3 Å². The number of nitrogens with zero attached hydrogens (tertiary/aromatic N) is 4. The second-order valence-corrected chi connectivity index (χ2v) is 3.12. The van der Waals surface area contributed by atoms with Gasteiger partial charge in [0.2, 0.25) is 5.82 Å². The molecular formula is C9H8N6O2. The van der Waals surface area contributed by atoms with Crippen LogP contribution in [0.3, 0.4) is 0 Å². The standard InChI is InChI=1S/C9H8N6O2/c10-6-3-1-2-4-7(6)12-14-9-8(15(16)17)5-11-13-9/h1-5H,10H2,(H,11,13). The average Bonchev–Trinajstić information content (AvgIpc) is 2.76. The van der Waals surface area contributed by atoms with Gasteiger partial charge in [-0.15, -0.1) is 10.2 Å². The highest BCUT2D eigenvalue weighted by atomic mass is 16.6. The summed E-state index contributed by atoms with van der Waals surface area (Å²) in [5, 5.41) is 24.0. The third kappa shape index (κ3) is 2.25. The third-order valence-corrected chi connectivity index (χ3v) is 1.99. The number of anilines is 1. The molecule has 1 aromatic carbocycles. The van der Waals surface area contributed by atoms with Gasteiger partial charge in [0.25, 0.3) is 0 Å². The molecule has 0 aliphatic carbocycles. The molecule has 86 valence electrons. The number of H-pyrrole nitrogens is 1. The first-order valence-electron chi connectivity index (χ1n) is 4.62. The van der Waals surface area contributed by atoms with E-state index < -0.39 is 4.92 Å². The van der Waals surface area contributed by atoms with Crippen molar-refractivity contribution in [3.05, 3.63) is 40.6 Å². The molecule has 0 amide bonds. The van der Waals surface area contributed by atoms with Gasteiger partial charge in [-0.05, 0) is 12.1 Å². The molecule has 0 aliphatic heterocycles. The first-order valence-corrected chi connectivity index (χ1v) is 4.62. The lowest BCUT2D eigenvalue weighted by atomic mass is 10.3.